The third-order valence-corrected chi connectivity index (χ3v) is 3.33. The molecule has 2 rings (SSSR count). The average molecular weight is 195 g/mol. The van der Waals surface area contributed by atoms with Crippen molar-refractivity contribution in [2.75, 3.05) is 0 Å². The molecule has 70 valence electrons. The zero-order valence-electron chi connectivity index (χ0n) is 7.62. The molecule has 1 N–H and O–H groups in total. The van der Waals surface area contributed by atoms with E-state index in [0.717, 1.165) is 12.8 Å². The van der Waals surface area contributed by atoms with E-state index >= 15 is 0 Å². The largest absolute Gasteiger partial charge is 0.349 e. The number of carbonyl (C=O) groups excluding carboxylic acids is 1. The summed E-state index contributed by atoms with van der Waals surface area (Å²) >= 11 is 1.69. The maximum absolute atomic E-state index is 11.4. The molecule has 0 spiro atoms. The highest BCUT2D eigenvalue weighted by Crippen LogP contribution is 2.30. The molecule has 0 aliphatic heterocycles. The van der Waals surface area contributed by atoms with E-state index in [-0.39, 0.29) is 11.9 Å². The molecule has 1 heterocycles. The van der Waals surface area contributed by atoms with Crippen molar-refractivity contribution in [2.24, 2.45) is 5.92 Å². The van der Waals surface area contributed by atoms with Crippen molar-refractivity contribution in [1.29, 1.82) is 0 Å². The number of thiophene rings is 1. The van der Waals surface area contributed by atoms with Crippen LogP contribution in [0.2, 0.25) is 0 Å². The van der Waals surface area contributed by atoms with Crippen molar-refractivity contribution in [3.63, 3.8) is 0 Å². The molecule has 0 unspecified atom stereocenters. The van der Waals surface area contributed by atoms with Crippen LogP contribution < -0.4 is 5.32 Å². The Morgan fingerprint density at radius 2 is 2.46 bits per heavy atom. The maximum Gasteiger partial charge on any atom is 0.223 e. The highest BCUT2D eigenvalue weighted by molar-refractivity contribution is 7.10. The van der Waals surface area contributed by atoms with E-state index in [9.17, 15) is 4.79 Å². The first kappa shape index (κ1) is 8.75. The molecule has 1 amide bonds. The highest BCUT2D eigenvalue weighted by Gasteiger charge is 2.30. The number of hydrogen-bond acceptors (Lipinski definition) is 2. The van der Waals surface area contributed by atoms with E-state index in [0.29, 0.717) is 5.92 Å². The molecule has 1 aliphatic carbocycles. The zero-order chi connectivity index (χ0) is 9.26. The normalized spacial score (nSPS) is 18.2. The van der Waals surface area contributed by atoms with Crippen molar-refractivity contribution in [3.05, 3.63) is 22.4 Å². The molecule has 1 aromatic heterocycles. The Labute approximate surface area is 82.0 Å². The molecular formula is C10H13NOS. The van der Waals surface area contributed by atoms with Gasteiger partial charge in [0, 0.05) is 10.8 Å². The summed E-state index contributed by atoms with van der Waals surface area (Å²) < 4.78 is 0. The van der Waals surface area contributed by atoms with Crippen LogP contribution in [0, 0.1) is 5.92 Å². The fourth-order valence-electron chi connectivity index (χ4n) is 1.29. The van der Waals surface area contributed by atoms with Gasteiger partial charge in [-0.05, 0) is 31.2 Å². The number of rotatable bonds is 3. The standard InChI is InChI=1S/C10H13NOS/c1-7(9-3-2-6-13-9)11-10(12)8-4-5-8/h2-3,6-8H,4-5H2,1H3,(H,11,12)/t7-/m0/s1. The monoisotopic (exact) mass is 195 g/mol. The lowest BCUT2D eigenvalue weighted by Crippen LogP contribution is -2.27. The summed E-state index contributed by atoms with van der Waals surface area (Å²) in [6.07, 6.45) is 2.14. The molecule has 3 heteroatoms. The van der Waals surface area contributed by atoms with Gasteiger partial charge in [0.15, 0.2) is 0 Å². The summed E-state index contributed by atoms with van der Waals surface area (Å²) in [5.74, 6) is 0.531. The minimum Gasteiger partial charge on any atom is -0.349 e. The Hall–Kier alpha value is -0.830. The molecule has 0 saturated heterocycles. The molecule has 0 aromatic carbocycles. The van der Waals surface area contributed by atoms with Crippen molar-refractivity contribution in [1.82, 2.24) is 5.32 Å². The molecule has 1 fully saturated rings. The van der Waals surface area contributed by atoms with Gasteiger partial charge in [0.05, 0.1) is 6.04 Å². The van der Waals surface area contributed by atoms with Crippen LogP contribution in [0.1, 0.15) is 30.7 Å². The van der Waals surface area contributed by atoms with Gasteiger partial charge >= 0.3 is 0 Å². The lowest BCUT2D eigenvalue weighted by molar-refractivity contribution is -0.122. The predicted molar refractivity (Wildman–Crippen MR) is 53.6 cm³/mol. The molecule has 2 nitrogen and oxygen atoms in total. The van der Waals surface area contributed by atoms with Gasteiger partial charge < -0.3 is 5.32 Å². The van der Waals surface area contributed by atoms with Gasteiger partial charge in [-0.3, -0.25) is 4.79 Å². The zero-order valence-corrected chi connectivity index (χ0v) is 8.43. The second-order valence-corrected chi connectivity index (χ2v) is 4.50. The maximum atomic E-state index is 11.4. The lowest BCUT2D eigenvalue weighted by Gasteiger charge is -2.11. The van der Waals surface area contributed by atoms with Crippen molar-refractivity contribution >= 4 is 17.2 Å². The van der Waals surface area contributed by atoms with Crippen molar-refractivity contribution in [2.45, 2.75) is 25.8 Å². The van der Waals surface area contributed by atoms with E-state index in [1.54, 1.807) is 11.3 Å². The quantitative estimate of drug-likeness (QED) is 0.788. The van der Waals surface area contributed by atoms with Crippen LogP contribution in [0.4, 0.5) is 0 Å². The minimum atomic E-state index is 0.174. The molecule has 13 heavy (non-hydrogen) atoms. The van der Waals surface area contributed by atoms with Crippen LogP contribution in [0.3, 0.4) is 0 Å². The van der Waals surface area contributed by atoms with Gasteiger partial charge in [0.2, 0.25) is 5.91 Å². The number of amides is 1. The summed E-state index contributed by atoms with van der Waals surface area (Å²) in [5.41, 5.74) is 0. The molecule has 1 aliphatic rings. The fraction of sp³-hybridized carbons (Fsp3) is 0.500. The third-order valence-electron chi connectivity index (χ3n) is 2.28. The lowest BCUT2D eigenvalue weighted by atomic mass is 10.2. The van der Waals surface area contributed by atoms with E-state index in [1.807, 2.05) is 18.4 Å². The van der Waals surface area contributed by atoms with Crippen LogP contribution in [-0.2, 0) is 4.79 Å². The van der Waals surface area contributed by atoms with E-state index in [2.05, 4.69) is 11.4 Å². The molecule has 0 bridgehead atoms. The number of nitrogens with one attached hydrogen (secondary N) is 1. The Kier molecular flexibility index (Phi) is 2.36. The average Bonchev–Trinajstić information content (AvgIpc) is 2.81. The van der Waals surface area contributed by atoms with Crippen LogP contribution in [-0.4, -0.2) is 5.91 Å². The summed E-state index contributed by atoms with van der Waals surface area (Å²) in [6.45, 7) is 2.03. The van der Waals surface area contributed by atoms with Crippen LogP contribution in [0.5, 0.6) is 0 Å². The van der Waals surface area contributed by atoms with E-state index < -0.39 is 0 Å². The molecule has 1 atom stereocenters. The van der Waals surface area contributed by atoms with Gasteiger partial charge in [-0.2, -0.15) is 0 Å². The van der Waals surface area contributed by atoms with E-state index in [4.69, 9.17) is 0 Å². The topological polar surface area (TPSA) is 29.1 Å². The summed E-state index contributed by atoms with van der Waals surface area (Å²) in [5, 5.41) is 5.05. The Morgan fingerprint density at radius 1 is 1.69 bits per heavy atom. The second kappa shape index (κ2) is 3.50. The van der Waals surface area contributed by atoms with Gasteiger partial charge in [-0.25, -0.2) is 0 Å². The number of carbonyl (C=O) groups is 1. The minimum absolute atomic E-state index is 0.174. The van der Waals surface area contributed by atoms with Crippen molar-refractivity contribution in [3.8, 4) is 0 Å². The Bertz CT molecular complexity index is 290. The van der Waals surface area contributed by atoms with Gasteiger partial charge in [0.25, 0.3) is 0 Å². The van der Waals surface area contributed by atoms with Crippen LogP contribution >= 0.6 is 11.3 Å². The molecular weight excluding hydrogens is 182 g/mol. The predicted octanol–water partition coefficient (Wildman–Crippen LogP) is 2.34. The highest BCUT2D eigenvalue weighted by atomic mass is 32.1. The summed E-state index contributed by atoms with van der Waals surface area (Å²) in [7, 11) is 0. The van der Waals surface area contributed by atoms with Gasteiger partial charge in [-0.1, -0.05) is 6.07 Å². The fourth-order valence-corrected chi connectivity index (χ4v) is 2.02. The van der Waals surface area contributed by atoms with Crippen molar-refractivity contribution < 1.29 is 4.79 Å². The Morgan fingerprint density at radius 3 is 3.00 bits per heavy atom. The number of hydrogen-bond donors (Lipinski definition) is 1. The van der Waals surface area contributed by atoms with Crippen LogP contribution in [0.15, 0.2) is 17.5 Å². The Balaban J connectivity index is 1.90. The first-order valence-corrected chi connectivity index (χ1v) is 5.49. The third kappa shape index (κ3) is 2.10. The summed E-state index contributed by atoms with van der Waals surface area (Å²) in [6, 6.07) is 4.25. The molecule has 1 saturated carbocycles. The molecule has 1 aromatic rings. The first-order valence-electron chi connectivity index (χ1n) is 4.61. The van der Waals surface area contributed by atoms with E-state index in [1.165, 1.54) is 4.88 Å². The first-order chi connectivity index (χ1) is 6.27. The summed E-state index contributed by atoms with van der Waals surface area (Å²) in [4.78, 5) is 12.6. The van der Waals surface area contributed by atoms with Crippen LogP contribution in [0.25, 0.3) is 0 Å². The molecule has 0 radical (unpaired) electrons. The second-order valence-electron chi connectivity index (χ2n) is 3.52. The van der Waals surface area contributed by atoms with Gasteiger partial charge in [-0.15, -0.1) is 11.3 Å². The van der Waals surface area contributed by atoms with Gasteiger partial charge in [0.1, 0.15) is 0 Å². The SMILES string of the molecule is C[C@H](NC(=O)C1CC1)c1cccs1. The smallest absolute Gasteiger partial charge is 0.223 e.